The van der Waals surface area contributed by atoms with Gasteiger partial charge in [0.1, 0.15) is 11.8 Å². The Kier molecular flexibility index (Phi) is 6.16. The van der Waals surface area contributed by atoms with Crippen LogP contribution >= 0.6 is 23.2 Å². The maximum atomic E-state index is 13.0. The zero-order chi connectivity index (χ0) is 20.4. The molecule has 0 unspecified atom stereocenters. The van der Waals surface area contributed by atoms with E-state index < -0.39 is 6.04 Å². The number of benzene rings is 2. The molecule has 0 fully saturated rings. The molecule has 2 aromatic carbocycles. The number of hydrogen-bond donors (Lipinski definition) is 1. The van der Waals surface area contributed by atoms with Gasteiger partial charge in [0.15, 0.2) is 0 Å². The van der Waals surface area contributed by atoms with Crippen molar-refractivity contribution in [3.05, 3.63) is 57.1 Å². The van der Waals surface area contributed by atoms with Crippen LogP contribution in [0.5, 0.6) is 5.75 Å². The summed E-state index contributed by atoms with van der Waals surface area (Å²) in [6, 6.07) is 8.40. The molecule has 2 aromatic rings. The van der Waals surface area contributed by atoms with Crippen LogP contribution in [-0.2, 0) is 9.59 Å². The minimum atomic E-state index is -0.640. The Morgan fingerprint density at radius 1 is 1.18 bits per heavy atom. The van der Waals surface area contributed by atoms with Gasteiger partial charge in [-0.1, -0.05) is 35.3 Å². The van der Waals surface area contributed by atoms with Gasteiger partial charge in [-0.2, -0.15) is 0 Å². The molecular formula is C21H22Cl2N2O3. The van der Waals surface area contributed by atoms with Crippen LogP contribution < -0.4 is 15.0 Å². The highest BCUT2D eigenvalue weighted by Crippen LogP contribution is 2.40. The average Bonchev–Trinajstić information content (AvgIpc) is 2.90. The zero-order valence-electron chi connectivity index (χ0n) is 16.0. The van der Waals surface area contributed by atoms with Crippen LogP contribution in [0.15, 0.2) is 30.3 Å². The third-order valence-electron chi connectivity index (χ3n) is 4.73. The Morgan fingerprint density at radius 2 is 1.89 bits per heavy atom. The smallest absolute Gasteiger partial charge is 0.254 e. The van der Waals surface area contributed by atoms with Crippen molar-refractivity contribution in [3.63, 3.8) is 0 Å². The molecule has 1 atom stereocenters. The van der Waals surface area contributed by atoms with E-state index in [9.17, 15) is 9.59 Å². The Morgan fingerprint density at radius 3 is 2.57 bits per heavy atom. The summed E-state index contributed by atoms with van der Waals surface area (Å²) in [5, 5.41) is 3.78. The highest BCUT2D eigenvalue weighted by Gasteiger charge is 2.39. The van der Waals surface area contributed by atoms with Gasteiger partial charge >= 0.3 is 0 Å². The molecule has 1 heterocycles. The summed E-state index contributed by atoms with van der Waals surface area (Å²) in [4.78, 5) is 26.3. The number of carbonyl (C=O) groups excluding carboxylic acids is 2. The first-order valence-corrected chi connectivity index (χ1v) is 9.81. The molecule has 5 nitrogen and oxygen atoms in total. The molecule has 28 heavy (non-hydrogen) atoms. The number of rotatable bonds is 6. The summed E-state index contributed by atoms with van der Waals surface area (Å²) in [7, 11) is 0. The molecule has 0 spiro atoms. The van der Waals surface area contributed by atoms with Crippen LogP contribution in [-0.4, -0.2) is 25.0 Å². The third-order valence-corrected chi connectivity index (χ3v) is 5.26. The summed E-state index contributed by atoms with van der Waals surface area (Å²) in [6.45, 7) is 6.23. The molecule has 0 saturated carbocycles. The molecule has 0 radical (unpaired) electrons. The van der Waals surface area contributed by atoms with E-state index in [0.717, 1.165) is 22.4 Å². The minimum Gasteiger partial charge on any atom is -0.492 e. The summed E-state index contributed by atoms with van der Waals surface area (Å²) >= 11 is 12.0. The molecule has 0 aliphatic carbocycles. The second-order valence-corrected chi connectivity index (χ2v) is 7.71. The van der Waals surface area contributed by atoms with Crippen molar-refractivity contribution in [2.75, 3.05) is 18.1 Å². The topological polar surface area (TPSA) is 58.6 Å². The van der Waals surface area contributed by atoms with E-state index in [2.05, 4.69) is 5.32 Å². The summed E-state index contributed by atoms with van der Waals surface area (Å²) in [6.07, 6.45) is 0.615. The van der Waals surface area contributed by atoms with Crippen LogP contribution in [0.4, 0.5) is 5.69 Å². The second-order valence-electron chi connectivity index (χ2n) is 6.86. The number of aryl methyl sites for hydroxylation is 2. The molecular weight excluding hydrogens is 399 g/mol. The maximum Gasteiger partial charge on any atom is 0.254 e. The highest BCUT2D eigenvalue weighted by atomic mass is 35.5. The standard InChI is InChI=1S/C21H22Cl2N2O3/c1-12-5-6-13(2)20-18(12)19(24-14(3)26)21(27)25(20)9-4-10-28-17-8-7-15(22)11-16(17)23/h5-8,11,19H,4,9-10H2,1-3H3,(H,24,26)/t19-/m1/s1. The first-order valence-electron chi connectivity index (χ1n) is 9.06. The summed E-state index contributed by atoms with van der Waals surface area (Å²) in [5.74, 6) is 0.210. The van der Waals surface area contributed by atoms with Crippen LogP contribution in [0.25, 0.3) is 0 Å². The molecule has 148 valence electrons. The SMILES string of the molecule is CC(=O)N[C@H]1C(=O)N(CCCOc2ccc(Cl)cc2Cl)c2c(C)ccc(C)c21. The number of anilines is 1. The van der Waals surface area contributed by atoms with Gasteiger partial charge in [0.2, 0.25) is 5.91 Å². The number of nitrogens with one attached hydrogen (secondary N) is 1. The van der Waals surface area contributed by atoms with E-state index >= 15 is 0 Å². The lowest BCUT2D eigenvalue weighted by Crippen LogP contribution is -2.37. The molecule has 7 heteroatoms. The second kappa shape index (κ2) is 8.41. The predicted molar refractivity (Wildman–Crippen MR) is 111 cm³/mol. The number of hydrogen-bond acceptors (Lipinski definition) is 3. The fourth-order valence-electron chi connectivity index (χ4n) is 3.49. The van der Waals surface area contributed by atoms with Crippen LogP contribution in [0.1, 0.15) is 36.1 Å². The molecule has 1 aliphatic rings. The highest BCUT2D eigenvalue weighted by molar-refractivity contribution is 6.35. The largest absolute Gasteiger partial charge is 0.492 e. The van der Waals surface area contributed by atoms with Gasteiger partial charge in [0.05, 0.1) is 17.3 Å². The van der Waals surface area contributed by atoms with Gasteiger partial charge in [0, 0.05) is 24.1 Å². The third kappa shape index (κ3) is 4.10. The monoisotopic (exact) mass is 420 g/mol. The Labute approximate surface area is 174 Å². The molecule has 3 rings (SSSR count). The van der Waals surface area contributed by atoms with Crippen LogP contribution in [0, 0.1) is 13.8 Å². The predicted octanol–water partition coefficient (Wildman–Crippen LogP) is 4.60. The number of nitrogens with zero attached hydrogens (tertiary/aromatic N) is 1. The van der Waals surface area contributed by atoms with Gasteiger partial charge in [0.25, 0.3) is 5.91 Å². The van der Waals surface area contributed by atoms with E-state index in [4.69, 9.17) is 27.9 Å². The van der Waals surface area contributed by atoms with Crippen LogP contribution in [0.2, 0.25) is 10.0 Å². The Bertz CT molecular complexity index is 930. The normalized spacial score (nSPS) is 15.5. The van der Waals surface area contributed by atoms with E-state index in [1.165, 1.54) is 6.92 Å². The van der Waals surface area contributed by atoms with Gasteiger partial charge in [-0.3, -0.25) is 9.59 Å². The lowest BCUT2D eigenvalue weighted by molar-refractivity contribution is -0.126. The lowest BCUT2D eigenvalue weighted by atomic mass is 9.99. The van der Waals surface area contributed by atoms with Gasteiger partial charge < -0.3 is 15.0 Å². The lowest BCUT2D eigenvalue weighted by Gasteiger charge is -2.20. The van der Waals surface area contributed by atoms with E-state index in [0.29, 0.717) is 35.4 Å². The van der Waals surface area contributed by atoms with Gasteiger partial charge in [-0.15, -0.1) is 0 Å². The van der Waals surface area contributed by atoms with Crippen molar-refractivity contribution >= 4 is 40.7 Å². The fourth-order valence-corrected chi connectivity index (χ4v) is 3.95. The number of fused-ring (bicyclic) bond motifs is 1. The maximum absolute atomic E-state index is 13.0. The molecule has 1 aliphatic heterocycles. The average molecular weight is 421 g/mol. The minimum absolute atomic E-state index is 0.118. The van der Waals surface area contributed by atoms with E-state index in [1.54, 1.807) is 23.1 Å². The first kappa shape index (κ1) is 20.5. The molecule has 0 saturated heterocycles. The van der Waals surface area contributed by atoms with Crippen molar-refractivity contribution in [1.82, 2.24) is 5.32 Å². The van der Waals surface area contributed by atoms with Gasteiger partial charge in [-0.05, 0) is 49.6 Å². The van der Waals surface area contributed by atoms with Crippen molar-refractivity contribution in [3.8, 4) is 5.75 Å². The van der Waals surface area contributed by atoms with E-state index in [-0.39, 0.29) is 11.8 Å². The fraction of sp³-hybridized carbons (Fsp3) is 0.333. The van der Waals surface area contributed by atoms with Crippen molar-refractivity contribution in [2.45, 2.75) is 33.2 Å². The van der Waals surface area contributed by atoms with E-state index in [1.807, 2.05) is 26.0 Å². The number of ether oxygens (including phenoxy) is 1. The van der Waals surface area contributed by atoms with Gasteiger partial charge in [-0.25, -0.2) is 0 Å². The summed E-state index contributed by atoms with van der Waals surface area (Å²) < 4.78 is 5.72. The zero-order valence-corrected chi connectivity index (χ0v) is 17.5. The Balaban J connectivity index is 1.73. The van der Waals surface area contributed by atoms with Crippen LogP contribution in [0.3, 0.4) is 0 Å². The molecule has 1 N–H and O–H groups in total. The number of halogens is 2. The number of carbonyl (C=O) groups is 2. The van der Waals surface area contributed by atoms with Crippen molar-refractivity contribution in [2.24, 2.45) is 0 Å². The van der Waals surface area contributed by atoms with Crippen molar-refractivity contribution in [1.29, 1.82) is 0 Å². The van der Waals surface area contributed by atoms with Crippen molar-refractivity contribution < 1.29 is 14.3 Å². The first-order chi connectivity index (χ1) is 13.3. The molecule has 0 aromatic heterocycles. The molecule has 2 amide bonds. The molecule has 0 bridgehead atoms. The quantitative estimate of drug-likeness (QED) is 0.694. The number of amides is 2. The summed E-state index contributed by atoms with van der Waals surface area (Å²) in [5.41, 5.74) is 3.75. The Hall–Kier alpha value is -2.24.